The number of hydrazone groups is 2. The van der Waals surface area contributed by atoms with Gasteiger partial charge in [0.15, 0.2) is 0 Å². The highest BCUT2D eigenvalue weighted by Gasteiger charge is 2.27. The zero-order valence-corrected chi connectivity index (χ0v) is 10.2. The van der Waals surface area contributed by atoms with E-state index in [0.29, 0.717) is 0 Å². The number of hydrogen-bond acceptors (Lipinski definition) is 5. The van der Waals surface area contributed by atoms with E-state index in [4.69, 9.17) is 4.74 Å². The van der Waals surface area contributed by atoms with Gasteiger partial charge in [-0.3, -0.25) is 5.01 Å². The molecule has 0 amide bonds. The first-order valence-corrected chi connectivity index (χ1v) is 5.78. The van der Waals surface area contributed by atoms with Gasteiger partial charge in [-0.1, -0.05) is 0 Å². The van der Waals surface area contributed by atoms with E-state index in [2.05, 4.69) is 36.0 Å². The van der Waals surface area contributed by atoms with E-state index in [1.54, 1.807) is 0 Å². The summed E-state index contributed by atoms with van der Waals surface area (Å²) in [6.45, 7) is 12.0. The second-order valence-electron chi connectivity index (χ2n) is 4.16. The quantitative estimate of drug-likeness (QED) is 0.550. The topological polar surface area (TPSA) is 49.2 Å². The Labute approximate surface area is 97.5 Å². The molecule has 0 spiro atoms. The fraction of sp³-hybridized carbons (Fsp3) is 0.818. The smallest absolute Gasteiger partial charge is 0.146 e. The van der Waals surface area contributed by atoms with Crippen molar-refractivity contribution in [3.8, 4) is 0 Å². The number of nitrogens with one attached hydrogen (secondary N) is 1. The van der Waals surface area contributed by atoms with Crippen molar-refractivity contribution in [2.75, 3.05) is 6.61 Å². The molecule has 16 heavy (non-hydrogen) atoms. The Hall–Kier alpha value is -1.10. The van der Waals surface area contributed by atoms with E-state index in [9.17, 15) is 0 Å². The lowest BCUT2D eigenvalue weighted by Crippen LogP contribution is -2.49. The van der Waals surface area contributed by atoms with Crippen molar-refractivity contribution in [3.63, 3.8) is 0 Å². The van der Waals surface area contributed by atoms with E-state index in [1.165, 1.54) is 6.42 Å². The Bertz CT molecular complexity index is 228. The molecule has 1 aliphatic heterocycles. The molecule has 1 rings (SSSR count). The monoisotopic (exact) mass is 226 g/mol. The Balaban J connectivity index is 2.56. The van der Waals surface area contributed by atoms with Crippen LogP contribution in [0.5, 0.6) is 0 Å². The molecule has 1 aliphatic rings. The molecule has 0 radical (unpaired) electrons. The summed E-state index contributed by atoms with van der Waals surface area (Å²) in [6.07, 6.45) is 3.38. The molecule has 1 N–H and O–H groups in total. The van der Waals surface area contributed by atoms with Gasteiger partial charge in [-0.2, -0.15) is 10.2 Å². The Morgan fingerprint density at radius 2 is 2.12 bits per heavy atom. The summed E-state index contributed by atoms with van der Waals surface area (Å²) >= 11 is 0. The van der Waals surface area contributed by atoms with Crippen molar-refractivity contribution in [1.29, 1.82) is 0 Å². The van der Waals surface area contributed by atoms with Crippen LogP contribution in [0, 0.1) is 0 Å². The molecule has 92 valence electrons. The summed E-state index contributed by atoms with van der Waals surface area (Å²) in [7, 11) is 0. The summed E-state index contributed by atoms with van der Waals surface area (Å²) in [5.74, 6) is 0. The highest BCUT2D eigenvalue weighted by molar-refractivity contribution is 5.23. The average Bonchev–Trinajstić information content (AvgIpc) is 2.31. The number of rotatable bonds is 6. The molecule has 1 saturated heterocycles. The summed E-state index contributed by atoms with van der Waals surface area (Å²) in [5, 5.41) is 9.68. The van der Waals surface area contributed by atoms with Crippen LogP contribution in [-0.2, 0) is 4.74 Å². The van der Waals surface area contributed by atoms with Crippen LogP contribution in [-0.4, -0.2) is 43.4 Å². The minimum Gasteiger partial charge on any atom is -0.357 e. The van der Waals surface area contributed by atoms with Crippen molar-refractivity contribution in [1.82, 2.24) is 10.4 Å². The normalized spacial score (nSPS) is 24.2. The minimum absolute atomic E-state index is 0.0512. The molecule has 1 heterocycles. The highest BCUT2D eigenvalue weighted by Crippen LogP contribution is 2.20. The Kier molecular flexibility index (Phi) is 5.25. The first-order valence-electron chi connectivity index (χ1n) is 5.78. The van der Waals surface area contributed by atoms with Crippen LogP contribution in [0.15, 0.2) is 10.2 Å². The van der Waals surface area contributed by atoms with Crippen LogP contribution in [0.2, 0.25) is 0 Å². The van der Waals surface area contributed by atoms with Gasteiger partial charge < -0.3 is 10.2 Å². The van der Waals surface area contributed by atoms with E-state index in [-0.39, 0.29) is 18.3 Å². The molecule has 2 unspecified atom stereocenters. The van der Waals surface area contributed by atoms with Gasteiger partial charge in [0.1, 0.15) is 6.23 Å². The van der Waals surface area contributed by atoms with Crippen LogP contribution < -0.4 is 5.43 Å². The van der Waals surface area contributed by atoms with Gasteiger partial charge in [0.25, 0.3) is 0 Å². The van der Waals surface area contributed by atoms with Gasteiger partial charge in [-0.25, -0.2) is 0 Å². The van der Waals surface area contributed by atoms with E-state index < -0.39 is 0 Å². The third kappa shape index (κ3) is 3.20. The molecule has 1 fully saturated rings. The van der Waals surface area contributed by atoms with E-state index in [1.807, 2.05) is 11.9 Å². The van der Waals surface area contributed by atoms with Crippen LogP contribution in [0.1, 0.15) is 33.1 Å². The fourth-order valence-electron chi connectivity index (χ4n) is 1.90. The van der Waals surface area contributed by atoms with Crippen LogP contribution in [0.25, 0.3) is 0 Å². The summed E-state index contributed by atoms with van der Waals surface area (Å²) in [5.41, 5.74) is 2.93. The molecular formula is C11H22N4O. The summed E-state index contributed by atoms with van der Waals surface area (Å²) in [4.78, 5) is 0. The molecular weight excluding hydrogens is 204 g/mol. The lowest BCUT2D eigenvalue weighted by Gasteiger charge is -2.37. The number of ether oxygens (including phenoxy) is 1. The zero-order valence-electron chi connectivity index (χ0n) is 10.2. The fourth-order valence-corrected chi connectivity index (χ4v) is 1.90. The maximum Gasteiger partial charge on any atom is 0.146 e. The summed E-state index contributed by atoms with van der Waals surface area (Å²) < 4.78 is 5.70. The molecule has 5 heteroatoms. The first kappa shape index (κ1) is 13.0. The zero-order chi connectivity index (χ0) is 12.0. The molecule has 0 aliphatic carbocycles. The van der Waals surface area contributed by atoms with Crippen molar-refractivity contribution < 1.29 is 4.74 Å². The van der Waals surface area contributed by atoms with E-state index >= 15 is 0 Å². The Morgan fingerprint density at radius 3 is 2.62 bits per heavy atom. The van der Waals surface area contributed by atoms with Gasteiger partial charge in [0, 0.05) is 20.0 Å². The van der Waals surface area contributed by atoms with Crippen molar-refractivity contribution in [3.05, 3.63) is 0 Å². The molecule has 0 aromatic heterocycles. The standard InChI is InChI=1S/C11H22N4O/c1-9(14-12-3)10(2)15(13-4)11-7-5-6-8-16-11/h9-11,14H,3-8H2,1-2H3/t9-,10?,11?/m0/s1. The Morgan fingerprint density at radius 1 is 1.38 bits per heavy atom. The van der Waals surface area contributed by atoms with Crippen molar-refractivity contribution in [2.45, 2.75) is 51.4 Å². The lowest BCUT2D eigenvalue weighted by atomic mass is 10.1. The molecule has 3 atom stereocenters. The molecule has 5 nitrogen and oxygen atoms in total. The largest absolute Gasteiger partial charge is 0.357 e. The van der Waals surface area contributed by atoms with Gasteiger partial charge in [0.2, 0.25) is 0 Å². The first-order chi connectivity index (χ1) is 7.70. The molecule has 0 bridgehead atoms. The second kappa shape index (κ2) is 6.48. The summed E-state index contributed by atoms with van der Waals surface area (Å²) in [6, 6.07) is 0.333. The average molecular weight is 226 g/mol. The van der Waals surface area contributed by atoms with E-state index in [0.717, 1.165) is 19.4 Å². The highest BCUT2D eigenvalue weighted by atomic mass is 16.5. The maximum absolute atomic E-state index is 5.70. The second-order valence-corrected chi connectivity index (χ2v) is 4.16. The van der Waals surface area contributed by atoms with Gasteiger partial charge in [-0.05, 0) is 33.1 Å². The third-order valence-corrected chi connectivity index (χ3v) is 3.05. The molecule has 0 aromatic carbocycles. The van der Waals surface area contributed by atoms with Gasteiger partial charge in [0.05, 0.1) is 12.1 Å². The maximum atomic E-state index is 5.70. The van der Waals surface area contributed by atoms with Gasteiger partial charge >= 0.3 is 0 Å². The number of nitrogens with zero attached hydrogens (tertiary/aromatic N) is 3. The lowest BCUT2D eigenvalue weighted by molar-refractivity contribution is -0.103. The molecule has 0 saturated carbocycles. The predicted octanol–water partition coefficient (Wildman–Crippen LogP) is 1.41. The molecule has 0 aromatic rings. The van der Waals surface area contributed by atoms with Crippen LogP contribution >= 0.6 is 0 Å². The predicted molar refractivity (Wildman–Crippen MR) is 66.6 cm³/mol. The van der Waals surface area contributed by atoms with Crippen LogP contribution in [0.3, 0.4) is 0 Å². The number of hydrogen-bond donors (Lipinski definition) is 1. The van der Waals surface area contributed by atoms with Crippen molar-refractivity contribution in [2.24, 2.45) is 10.2 Å². The van der Waals surface area contributed by atoms with Gasteiger partial charge in [-0.15, -0.1) is 0 Å². The minimum atomic E-state index is 0.0512. The SMILES string of the molecule is C=NN[C@@H](C)C(C)N(N=C)C1CCCCO1. The van der Waals surface area contributed by atoms with Crippen LogP contribution in [0.4, 0.5) is 0 Å². The van der Waals surface area contributed by atoms with Crippen molar-refractivity contribution >= 4 is 13.4 Å². The third-order valence-electron chi connectivity index (χ3n) is 3.05.